The lowest BCUT2D eigenvalue weighted by Crippen LogP contribution is -2.06. The van der Waals surface area contributed by atoms with Crippen LogP contribution in [0.1, 0.15) is 0 Å². The van der Waals surface area contributed by atoms with Crippen molar-refractivity contribution in [2.45, 2.75) is 0 Å². The summed E-state index contributed by atoms with van der Waals surface area (Å²) in [5.74, 6) is 0. The first-order valence-electron chi connectivity index (χ1n) is 4.73. The summed E-state index contributed by atoms with van der Waals surface area (Å²) in [6.07, 6.45) is 6.70. The van der Waals surface area contributed by atoms with Crippen molar-refractivity contribution in [2.75, 3.05) is 11.5 Å². The van der Waals surface area contributed by atoms with Crippen molar-refractivity contribution < 1.29 is 0 Å². The maximum absolute atomic E-state index is 7.03. The van der Waals surface area contributed by atoms with Crippen molar-refractivity contribution in [3.63, 3.8) is 0 Å². The van der Waals surface area contributed by atoms with Crippen LogP contribution in [-0.4, -0.2) is 11.4 Å². The van der Waals surface area contributed by atoms with Crippen LogP contribution in [0.2, 0.25) is 0 Å². The van der Waals surface area contributed by atoms with Crippen molar-refractivity contribution in [1.82, 2.24) is 0 Å². The van der Waals surface area contributed by atoms with Gasteiger partial charge in [0.1, 0.15) is 0 Å². The largest absolute Gasteiger partial charge is 0.399 e. The minimum atomic E-state index is 0.285. The van der Waals surface area contributed by atoms with E-state index in [0.29, 0.717) is 0 Å². The molecule has 1 aliphatic rings. The van der Waals surface area contributed by atoms with Crippen LogP contribution < -0.4 is 11.5 Å². The van der Waals surface area contributed by atoms with Crippen molar-refractivity contribution >= 4 is 22.8 Å². The first-order chi connectivity index (χ1) is 7.59. The fraction of sp³-hybridized carbons (Fsp3) is 0. The summed E-state index contributed by atoms with van der Waals surface area (Å²) in [6, 6.07) is 7.09. The van der Waals surface area contributed by atoms with E-state index in [0.717, 1.165) is 11.4 Å². The summed E-state index contributed by atoms with van der Waals surface area (Å²) in [4.78, 5) is 0. The summed E-state index contributed by atoms with van der Waals surface area (Å²) >= 11 is 0. The molecular weight excluding hydrogens is 200 g/mol. The number of nitrogens with one attached hydrogen (secondary N) is 2. The van der Waals surface area contributed by atoms with Gasteiger partial charge in [-0.1, -0.05) is 12.2 Å². The van der Waals surface area contributed by atoms with Crippen LogP contribution in [0.5, 0.6) is 0 Å². The van der Waals surface area contributed by atoms with Crippen molar-refractivity contribution in [3.8, 4) is 0 Å². The van der Waals surface area contributed by atoms with Gasteiger partial charge in [0.25, 0.3) is 0 Å². The summed E-state index contributed by atoms with van der Waals surface area (Å²) in [6.45, 7) is 0. The van der Waals surface area contributed by atoms with E-state index in [2.05, 4.69) is 0 Å². The minimum absolute atomic E-state index is 0.285. The van der Waals surface area contributed by atoms with E-state index in [4.69, 9.17) is 22.3 Å². The first-order valence-corrected chi connectivity index (χ1v) is 4.73. The molecule has 0 amide bonds. The molecule has 0 aromatic heterocycles. The molecule has 0 saturated carbocycles. The summed E-state index contributed by atoms with van der Waals surface area (Å²) in [7, 11) is 0. The molecule has 16 heavy (non-hydrogen) atoms. The molecule has 0 radical (unpaired) electrons. The summed E-state index contributed by atoms with van der Waals surface area (Å²) < 4.78 is 0. The average molecular weight is 214 g/mol. The first kappa shape index (κ1) is 11.7. The van der Waals surface area contributed by atoms with Gasteiger partial charge in [0.15, 0.2) is 0 Å². The van der Waals surface area contributed by atoms with Crippen LogP contribution in [0, 0.1) is 10.8 Å². The zero-order valence-corrected chi connectivity index (χ0v) is 8.77. The van der Waals surface area contributed by atoms with Crippen LogP contribution in [-0.2, 0) is 0 Å². The van der Waals surface area contributed by atoms with Gasteiger partial charge < -0.3 is 11.5 Å². The number of nitrogens with two attached hydrogens (primary N) is 2. The lowest BCUT2D eigenvalue weighted by Gasteiger charge is -1.96. The highest BCUT2D eigenvalue weighted by Gasteiger charge is 1.97. The molecule has 0 heterocycles. The van der Waals surface area contributed by atoms with Gasteiger partial charge in [0.2, 0.25) is 0 Å². The van der Waals surface area contributed by atoms with Crippen LogP contribution in [0.4, 0.5) is 11.4 Å². The number of benzene rings is 1. The number of anilines is 2. The third kappa shape index (κ3) is 3.79. The van der Waals surface area contributed by atoms with E-state index in [1.807, 2.05) is 0 Å². The molecule has 0 saturated heterocycles. The van der Waals surface area contributed by atoms with Gasteiger partial charge in [-0.15, -0.1) is 0 Å². The Bertz CT molecular complexity index is 398. The molecule has 6 N–H and O–H groups in total. The third-order valence-electron chi connectivity index (χ3n) is 1.86. The number of allylic oxidation sites excluding steroid dienone is 4. The van der Waals surface area contributed by atoms with Crippen LogP contribution >= 0.6 is 0 Å². The van der Waals surface area contributed by atoms with E-state index < -0.39 is 0 Å². The lowest BCUT2D eigenvalue weighted by molar-refractivity contribution is 1.49. The second-order valence-corrected chi connectivity index (χ2v) is 3.21. The van der Waals surface area contributed by atoms with Gasteiger partial charge in [-0.25, -0.2) is 0 Å². The topological polar surface area (TPSA) is 99.7 Å². The summed E-state index contributed by atoms with van der Waals surface area (Å²) in [5, 5.41) is 14.1. The number of hydrogen-bond acceptors (Lipinski definition) is 4. The summed E-state index contributed by atoms with van der Waals surface area (Å²) in [5.41, 5.74) is 12.8. The van der Waals surface area contributed by atoms with Crippen molar-refractivity contribution in [1.29, 1.82) is 10.8 Å². The molecule has 1 aromatic carbocycles. The van der Waals surface area contributed by atoms with Gasteiger partial charge in [-0.2, -0.15) is 0 Å². The number of hydrogen-bond donors (Lipinski definition) is 4. The van der Waals surface area contributed by atoms with Gasteiger partial charge in [0, 0.05) is 11.4 Å². The predicted octanol–water partition coefficient (Wildman–Crippen LogP) is 2.00. The minimum Gasteiger partial charge on any atom is -0.399 e. The van der Waals surface area contributed by atoms with E-state index in [1.165, 1.54) is 0 Å². The van der Waals surface area contributed by atoms with E-state index in [-0.39, 0.29) is 11.4 Å². The van der Waals surface area contributed by atoms with Gasteiger partial charge in [-0.05, 0) is 36.4 Å². The highest BCUT2D eigenvalue weighted by molar-refractivity contribution is 6.48. The monoisotopic (exact) mass is 214 g/mol. The molecule has 0 bridgehead atoms. The van der Waals surface area contributed by atoms with Crippen molar-refractivity contribution in [3.05, 3.63) is 48.6 Å². The second kappa shape index (κ2) is 5.50. The fourth-order valence-corrected chi connectivity index (χ4v) is 0.979. The molecule has 0 spiro atoms. The Balaban J connectivity index is 0.000000160. The fourth-order valence-electron chi connectivity index (χ4n) is 0.979. The smallest absolute Gasteiger partial charge is 0.0789 e. The Hall–Kier alpha value is -2.36. The molecule has 2 rings (SSSR count). The maximum atomic E-state index is 7.03. The molecular formula is C12H14N4. The predicted molar refractivity (Wildman–Crippen MR) is 69.0 cm³/mol. The van der Waals surface area contributed by atoms with E-state index >= 15 is 0 Å². The molecule has 1 aliphatic carbocycles. The Morgan fingerprint density at radius 3 is 1.25 bits per heavy atom. The Kier molecular flexibility index (Phi) is 4.03. The Labute approximate surface area is 94.3 Å². The third-order valence-corrected chi connectivity index (χ3v) is 1.86. The Morgan fingerprint density at radius 2 is 1.00 bits per heavy atom. The number of rotatable bonds is 0. The zero-order valence-electron chi connectivity index (χ0n) is 8.77. The van der Waals surface area contributed by atoms with E-state index in [1.54, 1.807) is 48.6 Å². The zero-order chi connectivity index (χ0) is 12.0. The van der Waals surface area contributed by atoms with Crippen LogP contribution in [0.25, 0.3) is 0 Å². The molecule has 4 heteroatoms. The maximum Gasteiger partial charge on any atom is 0.0789 e. The van der Waals surface area contributed by atoms with E-state index in [9.17, 15) is 0 Å². The lowest BCUT2D eigenvalue weighted by atomic mass is 10.1. The average Bonchev–Trinajstić information content (AvgIpc) is 2.28. The molecule has 0 fully saturated rings. The van der Waals surface area contributed by atoms with Gasteiger partial charge in [-0.3, -0.25) is 10.8 Å². The highest BCUT2D eigenvalue weighted by atomic mass is 14.6. The highest BCUT2D eigenvalue weighted by Crippen LogP contribution is 2.04. The van der Waals surface area contributed by atoms with Crippen LogP contribution in [0.3, 0.4) is 0 Å². The molecule has 0 aliphatic heterocycles. The molecule has 1 aromatic rings. The quantitative estimate of drug-likeness (QED) is 0.392. The second-order valence-electron chi connectivity index (χ2n) is 3.21. The number of nitrogen functional groups attached to an aromatic ring is 2. The Morgan fingerprint density at radius 1 is 0.688 bits per heavy atom. The van der Waals surface area contributed by atoms with Gasteiger partial charge in [0.05, 0.1) is 11.4 Å². The normalized spacial score (nSPS) is 13.2. The SMILES string of the molecule is N=C1C=CC=CC1=N.Nc1ccc(N)cc1. The molecule has 4 nitrogen and oxygen atoms in total. The molecule has 0 atom stereocenters. The standard InChI is InChI=1S/C6H8N2.C6H6N2/c7-5-1-2-6(8)4-3-5;7-5-3-1-2-4-6(5)8/h1-4H,7-8H2;1-4,7-8H. The molecule has 82 valence electrons. The van der Waals surface area contributed by atoms with Crippen LogP contribution in [0.15, 0.2) is 48.6 Å². The molecule has 0 unspecified atom stereocenters. The van der Waals surface area contributed by atoms with Crippen molar-refractivity contribution in [2.24, 2.45) is 0 Å². The van der Waals surface area contributed by atoms with Gasteiger partial charge >= 0.3 is 0 Å².